The summed E-state index contributed by atoms with van der Waals surface area (Å²) in [6, 6.07) is 4.46. The van der Waals surface area contributed by atoms with E-state index in [0.717, 1.165) is 24.1 Å². The Labute approximate surface area is 115 Å². The Morgan fingerprint density at radius 1 is 1.30 bits per heavy atom. The van der Waals surface area contributed by atoms with E-state index in [0.29, 0.717) is 18.7 Å². The van der Waals surface area contributed by atoms with Crippen LogP contribution < -0.4 is 10.3 Å². The minimum absolute atomic E-state index is 0.178. The highest BCUT2D eigenvalue weighted by atomic mass is 19.1. The van der Waals surface area contributed by atoms with Crippen molar-refractivity contribution in [1.82, 2.24) is 5.43 Å². The number of hydrogen-bond acceptors (Lipinski definition) is 3. The van der Waals surface area contributed by atoms with Crippen LogP contribution in [0.3, 0.4) is 0 Å². The second-order valence-electron chi connectivity index (χ2n) is 4.93. The monoisotopic (exact) mass is 275 g/mol. The Bertz CT molecular complexity index is 612. The lowest BCUT2D eigenvalue weighted by atomic mass is 10.0. The average Bonchev–Trinajstić information content (AvgIpc) is 2.46. The van der Waals surface area contributed by atoms with Gasteiger partial charge in [-0.2, -0.15) is 5.10 Å². The second-order valence-corrected chi connectivity index (χ2v) is 4.93. The summed E-state index contributed by atoms with van der Waals surface area (Å²) in [6.45, 7) is 0.588. The van der Waals surface area contributed by atoms with Crippen LogP contribution in [0.4, 0.5) is 10.1 Å². The quantitative estimate of drug-likeness (QED) is 0.841. The maximum Gasteiger partial charge on any atom is 0.274 e. The van der Waals surface area contributed by atoms with Crippen molar-refractivity contribution in [3.05, 3.63) is 29.6 Å². The van der Waals surface area contributed by atoms with Crippen LogP contribution in [0.5, 0.6) is 0 Å². The van der Waals surface area contributed by atoms with Crippen LogP contribution in [0.25, 0.3) is 0 Å². The van der Waals surface area contributed by atoms with E-state index >= 15 is 0 Å². The van der Waals surface area contributed by atoms with E-state index in [-0.39, 0.29) is 24.1 Å². The number of anilines is 1. The fourth-order valence-electron chi connectivity index (χ4n) is 2.56. The van der Waals surface area contributed by atoms with Gasteiger partial charge in [-0.05, 0) is 36.6 Å². The van der Waals surface area contributed by atoms with Gasteiger partial charge in [-0.25, -0.2) is 9.82 Å². The van der Waals surface area contributed by atoms with Gasteiger partial charge in [0.25, 0.3) is 5.91 Å². The smallest absolute Gasteiger partial charge is 0.274 e. The first-order chi connectivity index (χ1) is 9.65. The van der Waals surface area contributed by atoms with Gasteiger partial charge in [-0.1, -0.05) is 0 Å². The Balaban J connectivity index is 1.89. The SMILES string of the molecule is O=C1CCC(C(=O)N2CCCc3cc(F)ccc32)=NN1. The molecule has 0 spiro atoms. The van der Waals surface area contributed by atoms with Gasteiger partial charge in [0.1, 0.15) is 11.5 Å². The van der Waals surface area contributed by atoms with Crippen molar-refractivity contribution < 1.29 is 14.0 Å². The molecule has 1 N–H and O–H groups in total. The fourth-order valence-corrected chi connectivity index (χ4v) is 2.56. The standard InChI is InChI=1S/C14H14FN3O2/c15-10-3-5-12-9(8-10)2-1-7-18(12)14(20)11-4-6-13(19)17-16-11/h3,5,8H,1-2,4,6-7H2,(H,17,19). The number of rotatable bonds is 1. The van der Waals surface area contributed by atoms with Crippen LogP contribution in [-0.2, 0) is 16.0 Å². The topological polar surface area (TPSA) is 61.8 Å². The first kappa shape index (κ1) is 12.8. The molecule has 0 bridgehead atoms. The third-order valence-electron chi connectivity index (χ3n) is 3.56. The number of benzene rings is 1. The zero-order valence-electron chi connectivity index (χ0n) is 10.9. The third-order valence-corrected chi connectivity index (χ3v) is 3.56. The molecule has 0 atom stereocenters. The molecule has 0 fully saturated rings. The van der Waals surface area contributed by atoms with E-state index in [1.165, 1.54) is 12.1 Å². The summed E-state index contributed by atoms with van der Waals surface area (Å²) in [4.78, 5) is 25.1. The Morgan fingerprint density at radius 2 is 2.15 bits per heavy atom. The molecule has 2 aliphatic rings. The molecule has 0 radical (unpaired) electrons. The highest BCUT2D eigenvalue weighted by molar-refractivity contribution is 6.44. The highest BCUT2D eigenvalue weighted by Gasteiger charge is 2.28. The summed E-state index contributed by atoms with van der Waals surface area (Å²) in [7, 11) is 0. The van der Waals surface area contributed by atoms with Gasteiger partial charge in [0.2, 0.25) is 5.91 Å². The highest BCUT2D eigenvalue weighted by Crippen LogP contribution is 2.28. The summed E-state index contributed by atoms with van der Waals surface area (Å²) >= 11 is 0. The maximum absolute atomic E-state index is 13.2. The molecule has 6 heteroatoms. The van der Waals surface area contributed by atoms with Gasteiger partial charge in [0, 0.05) is 25.1 Å². The molecule has 2 amide bonds. The van der Waals surface area contributed by atoms with Crippen molar-refractivity contribution in [2.24, 2.45) is 5.10 Å². The van der Waals surface area contributed by atoms with E-state index in [4.69, 9.17) is 0 Å². The molecule has 2 heterocycles. The van der Waals surface area contributed by atoms with Gasteiger partial charge in [0.05, 0.1) is 0 Å². The molecule has 2 aliphatic heterocycles. The van der Waals surface area contributed by atoms with Crippen molar-refractivity contribution in [2.45, 2.75) is 25.7 Å². The fraction of sp³-hybridized carbons (Fsp3) is 0.357. The summed E-state index contributed by atoms with van der Waals surface area (Å²) in [5, 5.41) is 3.83. The molecular weight excluding hydrogens is 261 g/mol. The number of fused-ring (bicyclic) bond motifs is 1. The van der Waals surface area contributed by atoms with Crippen LogP contribution in [-0.4, -0.2) is 24.1 Å². The molecular formula is C14H14FN3O2. The Hall–Kier alpha value is -2.24. The number of nitrogens with zero attached hydrogens (tertiary/aromatic N) is 2. The van der Waals surface area contributed by atoms with Gasteiger partial charge in [-0.15, -0.1) is 0 Å². The number of hydrazone groups is 1. The lowest BCUT2D eigenvalue weighted by molar-refractivity contribution is -0.121. The number of carbonyl (C=O) groups excluding carboxylic acids is 2. The summed E-state index contributed by atoms with van der Waals surface area (Å²) < 4.78 is 13.2. The van der Waals surface area contributed by atoms with Crippen LogP contribution in [0.1, 0.15) is 24.8 Å². The van der Waals surface area contributed by atoms with Gasteiger partial charge in [-0.3, -0.25) is 9.59 Å². The molecule has 0 saturated heterocycles. The molecule has 104 valence electrons. The molecule has 3 rings (SSSR count). The molecule has 5 nitrogen and oxygen atoms in total. The van der Waals surface area contributed by atoms with Crippen molar-refractivity contribution in [1.29, 1.82) is 0 Å². The number of nitrogens with one attached hydrogen (secondary N) is 1. The molecule has 0 aliphatic carbocycles. The van der Waals surface area contributed by atoms with Crippen molar-refractivity contribution in [2.75, 3.05) is 11.4 Å². The van der Waals surface area contributed by atoms with Crippen LogP contribution in [0.2, 0.25) is 0 Å². The molecule has 1 aromatic rings. The summed E-state index contributed by atoms with van der Waals surface area (Å²) in [5.74, 6) is -0.680. The third kappa shape index (κ3) is 2.29. The molecule has 1 aromatic carbocycles. The van der Waals surface area contributed by atoms with E-state index in [2.05, 4.69) is 10.5 Å². The van der Waals surface area contributed by atoms with Gasteiger partial charge >= 0.3 is 0 Å². The summed E-state index contributed by atoms with van der Waals surface area (Å²) in [6.07, 6.45) is 2.17. The lowest BCUT2D eigenvalue weighted by Crippen LogP contribution is -2.42. The number of carbonyl (C=O) groups is 2. The van der Waals surface area contributed by atoms with Gasteiger partial charge in [0.15, 0.2) is 0 Å². The van der Waals surface area contributed by atoms with E-state index in [9.17, 15) is 14.0 Å². The zero-order valence-corrected chi connectivity index (χ0v) is 10.9. The van der Waals surface area contributed by atoms with Crippen LogP contribution >= 0.6 is 0 Å². The van der Waals surface area contributed by atoms with Crippen LogP contribution in [0.15, 0.2) is 23.3 Å². The molecule has 0 aromatic heterocycles. The number of hydrogen-bond donors (Lipinski definition) is 1. The number of aryl methyl sites for hydroxylation is 1. The predicted molar refractivity (Wildman–Crippen MR) is 71.9 cm³/mol. The minimum atomic E-state index is -0.291. The van der Waals surface area contributed by atoms with Crippen LogP contribution in [0, 0.1) is 5.82 Å². The van der Waals surface area contributed by atoms with Crippen molar-refractivity contribution in [3.63, 3.8) is 0 Å². The predicted octanol–water partition coefficient (Wildman–Crippen LogP) is 1.37. The van der Waals surface area contributed by atoms with E-state index < -0.39 is 0 Å². The largest absolute Gasteiger partial charge is 0.307 e. The first-order valence-corrected chi connectivity index (χ1v) is 6.61. The second kappa shape index (κ2) is 5.03. The molecule has 0 saturated carbocycles. The average molecular weight is 275 g/mol. The first-order valence-electron chi connectivity index (χ1n) is 6.61. The summed E-state index contributed by atoms with van der Waals surface area (Å²) in [5.41, 5.74) is 4.25. The maximum atomic E-state index is 13.2. The normalized spacial score (nSPS) is 18.1. The van der Waals surface area contributed by atoms with Crippen molar-refractivity contribution >= 4 is 23.2 Å². The van der Waals surface area contributed by atoms with Gasteiger partial charge < -0.3 is 4.90 Å². The molecule has 20 heavy (non-hydrogen) atoms. The number of halogens is 1. The van der Waals surface area contributed by atoms with Crippen molar-refractivity contribution in [3.8, 4) is 0 Å². The Kier molecular flexibility index (Phi) is 3.22. The van der Waals surface area contributed by atoms with E-state index in [1.807, 2.05) is 0 Å². The number of amides is 2. The Morgan fingerprint density at radius 3 is 2.90 bits per heavy atom. The van der Waals surface area contributed by atoms with E-state index in [1.54, 1.807) is 11.0 Å². The lowest BCUT2D eigenvalue weighted by Gasteiger charge is -2.30. The molecule has 0 unspecified atom stereocenters. The minimum Gasteiger partial charge on any atom is -0.307 e. The zero-order chi connectivity index (χ0) is 14.1.